The molecule has 38 heavy (non-hydrogen) atoms. The van der Waals surface area contributed by atoms with Gasteiger partial charge in [0, 0.05) is 24.5 Å². The van der Waals surface area contributed by atoms with Gasteiger partial charge < -0.3 is 8.98 Å². The van der Waals surface area contributed by atoms with Crippen molar-refractivity contribution in [2.75, 3.05) is 0 Å². The summed E-state index contributed by atoms with van der Waals surface area (Å²) in [6.07, 6.45) is 10.3. The summed E-state index contributed by atoms with van der Waals surface area (Å²) in [6, 6.07) is 1.70. The molecule has 0 saturated heterocycles. The Hall–Kier alpha value is -3.12. The van der Waals surface area contributed by atoms with E-state index in [1.807, 2.05) is 0 Å². The molecule has 4 aromatic rings. The van der Waals surface area contributed by atoms with Gasteiger partial charge in [-0.25, -0.2) is 28.3 Å². The largest absolute Gasteiger partial charge is 0.434 e. The van der Waals surface area contributed by atoms with Crippen LogP contribution < -0.4 is 5.76 Å². The van der Waals surface area contributed by atoms with Crippen molar-refractivity contribution in [3.8, 4) is 23.0 Å². The number of nitrogens with zero attached hydrogens (tertiary/aromatic N) is 6. The van der Waals surface area contributed by atoms with Crippen LogP contribution >= 0.6 is 11.6 Å². The van der Waals surface area contributed by atoms with Gasteiger partial charge in [-0.1, -0.05) is 44.2 Å². The second-order valence-corrected chi connectivity index (χ2v) is 13.0. The molecule has 0 unspecified atom stereocenters. The molecule has 0 atom stereocenters. The van der Waals surface area contributed by atoms with Gasteiger partial charge in [0.25, 0.3) is 5.89 Å². The third-order valence-electron chi connectivity index (χ3n) is 7.75. The zero-order valence-corrected chi connectivity index (χ0v) is 22.5. The van der Waals surface area contributed by atoms with Crippen LogP contribution in [0.1, 0.15) is 58.3 Å². The SMILES string of the molecule is CC1CCC(Cn2c(S(=O)(=O)C3CCCC3)nc3nc(-c4n[nH]c(=O)o4)nc(-c4cncc(Cl)c4)c32)CC1. The van der Waals surface area contributed by atoms with Gasteiger partial charge in [-0.15, -0.1) is 5.10 Å². The molecule has 2 saturated carbocycles. The van der Waals surface area contributed by atoms with Crippen LogP contribution in [0.25, 0.3) is 34.1 Å². The molecule has 0 spiro atoms. The predicted molar refractivity (Wildman–Crippen MR) is 140 cm³/mol. The van der Waals surface area contributed by atoms with Crippen molar-refractivity contribution in [3.63, 3.8) is 0 Å². The Labute approximate surface area is 224 Å². The summed E-state index contributed by atoms with van der Waals surface area (Å²) >= 11 is 6.28. The highest BCUT2D eigenvalue weighted by atomic mass is 35.5. The van der Waals surface area contributed by atoms with Gasteiger partial charge in [0.05, 0.1) is 10.3 Å². The van der Waals surface area contributed by atoms with Gasteiger partial charge in [0.2, 0.25) is 20.8 Å². The maximum atomic E-state index is 13.9. The third-order valence-corrected chi connectivity index (χ3v) is 10.1. The van der Waals surface area contributed by atoms with Gasteiger partial charge in [-0.3, -0.25) is 4.98 Å². The number of fused-ring (bicyclic) bond motifs is 1. The minimum absolute atomic E-state index is 0.00628. The topological polar surface area (TPSA) is 150 Å². The summed E-state index contributed by atoms with van der Waals surface area (Å²) in [4.78, 5) is 29.7. The second-order valence-electron chi connectivity index (χ2n) is 10.5. The fourth-order valence-electron chi connectivity index (χ4n) is 5.68. The van der Waals surface area contributed by atoms with E-state index in [0.717, 1.165) is 38.5 Å². The smallest absolute Gasteiger partial charge is 0.384 e. The predicted octanol–water partition coefficient (Wildman–Crippen LogP) is 4.43. The number of aromatic nitrogens is 7. The number of halogens is 1. The summed E-state index contributed by atoms with van der Waals surface area (Å²) < 4.78 is 34.8. The standard InChI is InChI=1S/C25H28ClN7O4S/c1-14-6-8-15(9-7-14)13-33-20-19(16-10-17(26)12-27-11-16)28-22(23-31-32-25(34)37-23)29-21(20)30-24(33)38(35,36)18-4-2-3-5-18/h10-12,14-15,18H,2-9,13H2,1H3,(H,32,34). The number of hydrogen-bond donors (Lipinski definition) is 1. The minimum atomic E-state index is -3.73. The molecule has 2 aliphatic carbocycles. The lowest BCUT2D eigenvalue weighted by Gasteiger charge is -2.27. The van der Waals surface area contributed by atoms with Crippen molar-refractivity contribution in [1.82, 2.24) is 34.7 Å². The van der Waals surface area contributed by atoms with Crippen molar-refractivity contribution in [2.24, 2.45) is 11.8 Å². The highest BCUT2D eigenvalue weighted by molar-refractivity contribution is 7.91. The first-order valence-electron chi connectivity index (χ1n) is 13.0. The first kappa shape index (κ1) is 25.2. The molecular weight excluding hydrogens is 530 g/mol. The average molecular weight is 558 g/mol. The van der Waals surface area contributed by atoms with Gasteiger partial charge in [0.15, 0.2) is 5.65 Å². The number of pyridine rings is 1. The summed E-state index contributed by atoms with van der Waals surface area (Å²) in [5.41, 5.74) is 1.64. The maximum absolute atomic E-state index is 13.9. The van der Waals surface area contributed by atoms with E-state index >= 15 is 0 Å². The van der Waals surface area contributed by atoms with E-state index in [1.54, 1.807) is 16.8 Å². The normalized spacial score (nSPS) is 20.9. The molecule has 1 N–H and O–H groups in total. The number of rotatable bonds is 6. The Morgan fingerprint density at radius 1 is 1.08 bits per heavy atom. The maximum Gasteiger partial charge on any atom is 0.434 e. The van der Waals surface area contributed by atoms with E-state index in [4.69, 9.17) is 16.0 Å². The lowest BCUT2D eigenvalue weighted by Crippen LogP contribution is -2.25. The van der Waals surface area contributed by atoms with Crippen LogP contribution in [-0.4, -0.2) is 48.4 Å². The fraction of sp³-hybridized carbons (Fsp3) is 0.520. The van der Waals surface area contributed by atoms with Gasteiger partial charge in [-0.2, -0.15) is 4.98 Å². The van der Waals surface area contributed by atoms with Gasteiger partial charge in [0.1, 0.15) is 11.2 Å². The quantitative estimate of drug-likeness (QED) is 0.363. The highest BCUT2D eigenvalue weighted by Gasteiger charge is 2.37. The van der Waals surface area contributed by atoms with Crippen LogP contribution in [0.3, 0.4) is 0 Å². The molecule has 2 fully saturated rings. The highest BCUT2D eigenvalue weighted by Crippen LogP contribution is 2.37. The Morgan fingerprint density at radius 2 is 1.84 bits per heavy atom. The molecule has 2 aliphatic rings. The molecule has 0 aliphatic heterocycles. The number of nitrogens with one attached hydrogen (secondary N) is 1. The minimum Gasteiger partial charge on any atom is -0.384 e. The molecule has 4 aromatic heterocycles. The Bertz CT molecular complexity index is 1650. The Kier molecular flexibility index (Phi) is 6.55. The first-order chi connectivity index (χ1) is 18.3. The molecule has 0 bridgehead atoms. The van der Waals surface area contributed by atoms with Gasteiger partial charge in [-0.05, 0) is 43.6 Å². The Morgan fingerprint density at radius 3 is 2.53 bits per heavy atom. The molecule has 0 radical (unpaired) electrons. The molecule has 4 heterocycles. The summed E-state index contributed by atoms with van der Waals surface area (Å²) in [5, 5.41) is 6.01. The molecule has 0 amide bonds. The fourth-order valence-corrected chi connectivity index (χ4v) is 7.80. The van der Waals surface area contributed by atoms with Gasteiger partial charge >= 0.3 is 5.76 Å². The first-order valence-corrected chi connectivity index (χ1v) is 14.9. The van der Waals surface area contributed by atoms with Crippen molar-refractivity contribution in [2.45, 2.75) is 75.2 Å². The zero-order chi connectivity index (χ0) is 26.4. The van der Waals surface area contributed by atoms with Crippen molar-refractivity contribution in [3.05, 3.63) is 34.0 Å². The average Bonchev–Trinajstić information content (AvgIpc) is 3.66. The van der Waals surface area contributed by atoms with Crippen LogP contribution in [0.5, 0.6) is 0 Å². The number of aromatic amines is 1. The van der Waals surface area contributed by atoms with Crippen LogP contribution in [0, 0.1) is 11.8 Å². The van der Waals surface area contributed by atoms with Crippen molar-refractivity contribution in [1.29, 1.82) is 0 Å². The van der Waals surface area contributed by atoms with Crippen molar-refractivity contribution < 1.29 is 12.8 Å². The van der Waals surface area contributed by atoms with E-state index in [9.17, 15) is 13.2 Å². The van der Waals surface area contributed by atoms with E-state index < -0.39 is 20.8 Å². The lowest BCUT2D eigenvalue weighted by molar-refractivity contribution is 0.261. The van der Waals surface area contributed by atoms with Crippen LogP contribution in [0.15, 0.2) is 32.8 Å². The Balaban J connectivity index is 1.61. The summed E-state index contributed by atoms with van der Waals surface area (Å²) in [6.45, 7) is 2.75. The molecule has 13 heteroatoms. The summed E-state index contributed by atoms with van der Waals surface area (Å²) in [7, 11) is -3.73. The van der Waals surface area contributed by atoms with Crippen LogP contribution in [-0.2, 0) is 16.4 Å². The summed E-state index contributed by atoms with van der Waals surface area (Å²) in [5.74, 6) is 0.0950. The van der Waals surface area contributed by atoms with Crippen molar-refractivity contribution >= 4 is 32.6 Å². The number of H-pyrrole nitrogens is 1. The van der Waals surface area contributed by atoms with E-state index in [0.29, 0.717) is 53.0 Å². The monoisotopic (exact) mass is 557 g/mol. The van der Waals surface area contributed by atoms with E-state index in [1.165, 1.54) is 6.20 Å². The third kappa shape index (κ3) is 4.64. The number of hydrogen-bond acceptors (Lipinski definition) is 9. The van der Waals surface area contributed by atoms with Crippen LogP contribution in [0.2, 0.25) is 5.02 Å². The van der Waals surface area contributed by atoms with E-state index in [-0.39, 0.29) is 22.5 Å². The zero-order valence-electron chi connectivity index (χ0n) is 20.9. The number of imidazole rings is 1. The lowest BCUT2D eigenvalue weighted by atomic mass is 9.83. The van der Waals surface area contributed by atoms with Crippen LogP contribution in [0.4, 0.5) is 0 Å². The molecule has 200 valence electrons. The number of sulfone groups is 1. The van der Waals surface area contributed by atoms with E-state index in [2.05, 4.69) is 37.1 Å². The second kappa shape index (κ2) is 9.88. The molecular formula is C25H28ClN7O4S. The molecule has 0 aromatic carbocycles. The molecule has 11 nitrogen and oxygen atoms in total. The molecule has 6 rings (SSSR count).